The predicted molar refractivity (Wildman–Crippen MR) is 48.7 cm³/mol. The van der Waals surface area contributed by atoms with Crippen LogP contribution in [-0.4, -0.2) is 11.2 Å². The number of nitrogens with zero attached hydrogens (tertiary/aromatic N) is 1. The highest BCUT2D eigenvalue weighted by Crippen LogP contribution is 2.20. The summed E-state index contributed by atoms with van der Waals surface area (Å²) in [6, 6.07) is 1.36. The van der Waals surface area contributed by atoms with Crippen LogP contribution in [0.1, 0.15) is 0 Å². The molecule has 0 atom stereocenters. The Hall–Kier alpha value is 0.160. The van der Waals surface area contributed by atoms with Crippen molar-refractivity contribution in [3.8, 4) is 0 Å². The second-order valence-electron chi connectivity index (χ2n) is 1.62. The lowest BCUT2D eigenvalue weighted by atomic mass is 10.5. The predicted octanol–water partition coefficient (Wildman–Crippen LogP) is 2.55. The number of halogens is 2. The fourth-order valence-electron chi connectivity index (χ4n) is 0.545. The molecule has 4 heteroatoms. The molecule has 1 nitrogen and oxygen atoms in total. The van der Waals surface area contributed by atoms with E-state index in [1.807, 2.05) is 28.8 Å². The summed E-state index contributed by atoms with van der Waals surface area (Å²) in [6.07, 6.45) is 3.35. The molecular formula is C6H5FINS. The van der Waals surface area contributed by atoms with Crippen LogP contribution in [0.25, 0.3) is 0 Å². The molecule has 0 saturated carbocycles. The number of rotatable bonds is 1. The van der Waals surface area contributed by atoms with E-state index in [0.717, 1.165) is 5.03 Å². The Morgan fingerprint density at radius 1 is 1.70 bits per heavy atom. The summed E-state index contributed by atoms with van der Waals surface area (Å²) >= 11 is 3.40. The molecule has 0 aromatic carbocycles. The number of thioether (sulfide) groups is 1. The lowest BCUT2D eigenvalue weighted by Crippen LogP contribution is -1.87. The fourth-order valence-corrected chi connectivity index (χ4v) is 1.97. The number of pyridine rings is 1. The maximum atomic E-state index is 12.7. The monoisotopic (exact) mass is 269 g/mol. The first-order valence-electron chi connectivity index (χ1n) is 2.59. The molecule has 0 radical (unpaired) electrons. The van der Waals surface area contributed by atoms with E-state index in [1.165, 1.54) is 24.0 Å². The number of hydrogen-bond donors (Lipinski definition) is 0. The Kier molecular flexibility index (Phi) is 2.91. The van der Waals surface area contributed by atoms with Gasteiger partial charge in [-0.15, -0.1) is 11.8 Å². The van der Waals surface area contributed by atoms with Gasteiger partial charge in [0.15, 0.2) is 0 Å². The Bertz CT molecular complexity index is 241. The van der Waals surface area contributed by atoms with Crippen LogP contribution in [0, 0.1) is 9.39 Å². The summed E-state index contributed by atoms with van der Waals surface area (Å²) in [7, 11) is 0. The SMILES string of the molecule is CSc1nccc(F)c1I. The lowest BCUT2D eigenvalue weighted by molar-refractivity contribution is 0.610. The smallest absolute Gasteiger partial charge is 0.140 e. The van der Waals surface area contributed by atoms with Crippen LogP contribution in [-0.2, 0) is 0 Å². The molecule has 0 aliphatic heterocycles. The molecule has 1 heterocycles. The average Bonchev–Trinajstić information content (AvgIpc) is 1.95. The van der Waals surface area contributed by atoms with Crippen molar-refractivity contribution >= 4 is 34.4 Å². The Morgan fingerprint density at radius 2 is 2.40 bits per heavy atom. The van der Waals surface area contributed by atoms with Gasteiger partial charge in [-0.25, -0.2) is 9.37 Å². The summed E-state index contributed by atoms with van der Waals surface area (Å²) in [5.74, 6) is -0.194. The van der Waals surface area contributed by atoms with E-state index in [9.17, 15) is 4.39 Å². The summed E-state index contributed by atoms with van der Waals surface area (Å²) in [4.78, 5) is 3.97. The zero-order valence-electron chi connectivity index (χ0n) is 5.27. The van der Waals surface area contributed by atoms with Crippen molar-refractivity contribution in [1.82, 2.24) is 4.98 Å². The zero-order chi connectivity index (χ0) is 7.56. The van der Waals surface area contributed by atoms with Gasteiger partial charge in [-0.3, -0.25) is 0 Å². The number of aromatic nitrogens is 1. The number of hydrogen-bond acceptors (Lipinski definition) is 2. The zero-order valence-corrected chi connectivity index (χ0v) is 8.24. The van der Waals surface area contributed by atoms with Gasteiger partial charge in [0.05, 0.1) is 3.57 Å². The van der Waals surface area contributed by atoms with Crippen molar-refractivity contribution in [2.75, 3.05) is 6.26 Å². The second-order valence-corrected chi connectivity index (χ2v) is 3.49. The molecular weight excluding hydrogens is 264 g/mol. The largest absolute Gasteiger partial charge is 0.249 e. The van der Waals surface area contributed by atoms with Crippen LogP contribution >= 0.6 is 34.4 Å². The van der Waals surface area contributed by atoms with E-state index in [0.29, 0.717) is 3.57 Å². The van der Waals surface area contributed by atoms with E-state index in [2.05, 4.69) is 4.98 Å². The first-order chi connectivity index (χ1) is 4.75. The quantitative estimate of drug-likeness (QED) is 0.574. The molecule has 0 N–H and O–H groups in total. The van der Waals surface area contributed by atoms with Crippen LogP contribution in [0.4, 0.5) is 4.39 Å². The Balaban J connectivity index is 3.14. The Morgan fingerprint density at radius 3 is 2.90 bits per heavy atom. The summed E-state index contributed by atoms with van der Waals surface area (Å²) in [5.41, 5.74) is 0. The minimum absolute atomic E-state index is 0.194. The fraction of sp³-hybridized carbons (Fsp3) is 0.167. The molecule has 0 unspecified atom stereocenters. The molecule has 1 aromatic rings. The van der Waals surface area contributed by atoms with Crippen molar-refractivity contribution in [3.63, 3.8) is 0 Å². The third-order valence-corrected chi connectivity index (χ3v) is 3.09. The van der Waals surface area contributed by atoms with E-state index in [4.69, 9.17) is 0 Å². The van der Waals surface area contributed by atoms with Crippen molar-refractivity contribution < 1.29 is 4.39 Å². The van der Waals surface area contributed by atoms with Gasteiger partial charge in [0.2, 0.25) is 0 Å². The molecule has 0 bridgehead atoms. The third-order valence-electron chi connectivity index (χ3n) is 1.00. The van der Waals surface area contributed by atoms with Crippen LogP contribution in [0.2, 0.25) is 0 Å². The van der Waals surface area contributed by atoms with Crippen LogP contribution in [0.15, 0.2) is 17.3 Å². The molecule has 0 aliphatic carbocycles. The third kappa shape index (κ3) is 1.60. The minimum atomic E-state index is -0.194. The topological polar surface area (TPSA) is 12.9 Å². The summed E-state index contributed by atoms with van der Waals surface area (Å²) in [5, 5.41) is 0.751. The normalized spacial score (nSPS) is 9.90. The van der Waals surface area contributed by atoms with Crippen LogP contribution in [0.5, 0.6) is 0 Å². The second kappa shape index (κ2) is 3.52. The standard InChI is InChI=1S/C6H5FINS/c1-10-6-5(8)4(7)2-3-9-6/h2-3H,1H3. The molecule has 1 aromatic heterocycles. The summed E-state index contributed by atoms with van der Waals surface area (Å²) < 4.78 is 13.3. The van der Waals surface area contributed by atoms with Crippen molar-refractivity contribution in [2.24, 2.45) is 0 Å². The van der Waals surface area contributed by atoms with Gasteiger partial charge >= 0.3 is 0 Å². The van der Waals surface area contributed by atoms with Gasteiger partial charge in [-0.05, 0) is 34.9 Å². The molecule has 54 valence electrons. The van der Waals surface area contributed by atoms with Crippen molar-refractivity contribution in [1.29, 1.82) is 0 Å². The van der Waals surface area contributed by atoms with E-state index in [1.54, 1.807) is 0 Å². The highest BCUT2D eigenvalue weighted by Gasteiger charge is 2.03. The van der Waals surface area contributed by atoms with Gasteiger partial charge in [-0.2, -0.15) is 0 Å². The molecule has 0 spiro atoms. The molecule has 0 aliphatic rings. The molecule has 0 saturated heterocycles. The maximum absolute atomic E-state index is 12.7. The van der Waals surface area contributed by atoms with Crippen molar-refractivity contribution in [3.05, 3.63) is 21.7 Å². The molecule has 0 amide bonds. The first-order valence-corrected chi connectivity index (χ1v) is 4.90. The van der Waals surface area contributed by atoms with Gasteiger partial charge in [0.1, 0.15) is 10.8 Å². The van der Waals surface area contributed by atoms with Gasteiger partial charge in [0, 0.05) is 6.20 Å². The Labute approximate surface area is 76.6 Å². The highest BCUT2D eigenvalue weighted by atomic mass is 127. The molecule has 10 heavy (non-hydrogen) atoms. The van der Waals surface area contributed by atoms with Gasteiger partial charge in [0.25, 0.3) is 0 Å². The van der Waals surface area contributed by atoms with Crippen molar-refractivity contribution in [2.45, 2.75) is 5.03 Å². The first kappa shape index (κ1) is 8.26. The average molecular weight is 269 g/mol. The maximum Gasteiger partial charge on any atom is 0.140 e. The van der Waals surface area contributed by atoms with E-state index < -0.39 is 0 Å². The van der Waals surface area contributed by atoms with Gasteiger partial charge < -0.3 is 0 Å². The minimum Gasteiger partial charge on any atom is -0.249 e. The highest BCUT2D eigenvalue weighted by molar-refractivity contribution is 14.1. The van der Waals surface area contributed by atoms with Crippen LogP contribution < -0.4 is 0 Å². The lowest BCUT2D eigenvalue weighted by Gasteiger charge is -1.97. The molecule has 1 rings (SSSR count). The molecule has 0 fully saturated rings. The van der Waals surface area contributed by atoms with Crippen LogP contribution in [0.3, 0.4) is 0 Å². The van der Waals surface area contributed by atoms with E-state index >= 15 is 0 Å². The van der Waals surface area contributed by atoms with E-state index in [-0.39, 0.29) is 5.82 Å². The summed E-state index contributed by atoms with van der Waals surface area (Å²) in [6.45, 7) is 0. The van der Waals surface area contributed by atoms with Gasteiger partial charge in [-0.1, -0.05) is 0 Å².